The second-order valence-electron chi connectivity index (χ2n) is 2.60. The second-order valence-corrected chi connectivity index (χ2v) is 2.91. The van der Waals surface area contributed by atoms with Crippen LogP contribution >= 0.6 is 12.6 Å². The summed E-state index contributed by atoms with van der Waals surface area (Å²) in [6.07, 6.45) is 2.41. The van der Waals surface area contributed by atoms with Gasteiger partial charge < -0.3 is 10.1 Å². The summed E-state index contributed by atoms with van der Waals surface area (Å²) in [6, 6.07) is 0. The van der Waals surface area contributed by atoms with E-state index >= 15 is 0 Å². The molecule has 1 fully saturated rings. The minimum Gasteiger partial charge on any atom is -0.376 e. The van der Waals surface area contributed by atoms with Crippen LogP contribution in [-0.2, 0) is 9.53 Å². The lowest BCUT2D eigenvalue weighted by atomic mass is 10.2. The molecule has 64 valence electrons. The third-order valence-corrected chi connectivity index (χ3v) is 1.98. The molecule has 0 aliphatic carbocycles. The van der Waals surface area contributed by atoms with Gasteiger partial charge in [0.2, 0.25) is 5.91 Å². The maximum Gasteiger partial charge on any atom is 0.229 e. The van der Waals surface area contributed by atoms with Crippen molar-refractivity contribution in [3.05, 3.63) is 0 Å². The van der Waals surface area contributed by atoms with Crippen LogP contribution in [0.15, 0.2) is 0 Å². The van der Waals surface area contributed by atoms with Gasteiger partial charge in [-0.15, -0.1) is 0 Å². The molecule has 1 atom stereocenters. The maximum atomic E-state index is 10.7. The van der Waals surface area contributed by atoms with Crippen LogP contribution in [0.1, 0.15) is 12.8 Å². The summed E-state index contributed by atoms with van der Waals surface area (Å²) in [5, 5.41) is 2.73. The molecule has 3 nitrogen and oxygen atoms in total. The summed E-state index contributed by atoms with van der Waals surface area (Å²) in [6.45, 7) is 1.47. The van der Waals surface area contributed by atoms with Crippen LogP contribution in [0.3, 0.4) is 0 Å². The van der Waals surface area contributed by atoms with Crippen molar-refractivity contribution in [2.75, 3.05) is 18.9 Å². The van der Waals surface area contributed by atoms with Gasteiger partial charge >= 0.3 is 0 Å². The zero-order valence-corrected chi connectivity index (χ0v) is 7.27. The molecule has 0 saturated carbocycles. The Labute approximate surface area is 71.9 Å². The molecule has 1 heterocycles. The first-order valence-electron chi connectivity index (χ1n) is 3.82. The number of carbonyl (C=O) groups excluding carboxylic acids is 1. The first-order valence-corrected chi connectivity index (χ1v) is 4.45. The van der Waals surface area contributed by atoms with Crippen molar-refractivity contribution in [1.29, 1.82) is 0 Å². The van der Waals surface area contributed by atoms with Crippen molar-refractivity contribution < 1.29 is 9.53 Å². The Balaban J connectivity index is 2.06. The Morgan fingerprint density at radius 3 is 3.09 bits per heavy atom. The smallest absolute Gasteiger partial charge is 0.229 e. The Kier molecular flexibility index (Phi) is 3.72. The molecule has 1 saturated heterocycles. The average Bonchev–Trinajstić information content (AvgIpc) is 2.52. The molecule has 1 N–H and O–H groups in total. The number of hydrogen-bond donors (Lipinski definition) is 2. The van der Waals surface area contributed by atoms with Crippen LogP contribution in [0.2, 0.25) is 0 Å². The molecule has 0 spiro atoms. The van der Waals surface area contributed by atoms with Gasteiger partial charge in [-0.1, -0.05) is 0 Å². The lowest BCUT2D eigenvalue weighted by Crippen LogP contribution is -2.32. The van der Waals surface area contributed by atoms with Gasteiger partial charge in [0.25, 0.3) is 0 Å². The van der Waals surface area contributed by atoms with Gasteiger partial charge in [0.05, 0.1) is 11.9 Å². The molecule has 1 aliphatic heterocycles. The largest absolute Gasteiger partial charge is 0.376 e. The van der Waals surface area contributed by atoms with E-state index in [1.807, 2.05) is 0 Å². The summed E-state index contributed by atoms with van der Waals surface area (Å²) < 4.78 is 5.31. The summed E-state index contributed by atoms with van der Waals surface area (Å²) >= 11 is 3.84. The van der Waals surface area contributed by atoms with Crippen LogP contribution in [0, 0.1) is 0 Å². The summed E-state index contributed by atoms with van der Waals surface area (Å²) in [7, 11) is 0. The maximum absolute atomic E-state index is 10.7. The van der Waals surface area contributed by atoms with Crippen molar-refractivity contribution in [2.24, 2.45) is 0 Å². The number of nitrogens with one attached hydrogen (secondary N) is 1. The molecule has 4 heteroatoms. The highest BCUT2D eigenvalue weighted by Crippen LogP contribution is 2.10. The van der Waals surface area contributed by atoms with E-state index in [0.717, 1.165) is 19.4 Å². The van der Waals surface area contributed by atoms with Crippen molar-refractivity contribution in [3.63, 3.8) is 0 Å². The van der Waals surface area contributed by atoms with Gasteiger partial charge in [0.15, 0.2) is 0 Å². The van der Waals surface area contributed by atoms with E-state index in [1.54, 1.807) is 0 Å². The molecule has 0 unspecified atom stereocenters. The van der Waals surface area contributed by atoms with E-state index in [-0.39, 0.29) is 17.8 Å². The van der Waals surface area contributed by atoms with Crippen LogP contribution < -0.4 is 5.32 Å². The van der Waals surface area contributed by atoms with E-state index in [2.05, 4.69) is 17.9 Å². The minimum atomic E-state index is -0.0242. The number of rotatable bonds is 3. The second kappa shape index (κ2) is 4.62. The molecule has 0 radical (unpaired) electrons. The number of ether oxygens (including phenoxy) is 1. The minimum absolute atomic E-state index is 0.0242. The standard InChI is InChI=1S/C7H13NO2S/c9-7(5-11)8-4-6-2-1-3-10-6/h6,11H,1-5H2,(H,8,9)/t6-/m0/s1. The monoisotopic (exact) mass is 175 g/mol. The third kappa shape index (κ3) is 3.12. The lowest BCUT2D eigenvalue weighted by molar-refractivity contribution is -0.119. The molecule has 0 bridgehead atoms. The quantitative estimate of drug-likeness (QED) is 0.602. The van der Waals surface area contributed by atoms with Gasteiger partial charge in [0, 0.05) is 13.2 Å². The normalized spacial score (nSPS) is 23.5. The summed E-state index contributed by atoms with van der Waals surface area (Å²) in [5.74, 6) is 0.232. The molecule has 11 heavy (non-hydrogen) atoms. The summed E-state index contributed by atoms with van der Waals surface area (Å²) in [5.41, 5.74) is 0. The number of carbonyl (C=O) groups is 1. The highest BCUT2D eigenvalue weighted by molar-refractivity contribution is 7.81. The summed E-state index contributed by atoms with van der Waals surface area (Å²) in [4.78, 5) is 10.7. The van der Waals surface area contributed by atoms with E-state index < -0.39 is 0 Å². The van der Waals surface area contributed by atoms with Crippen LogP contribution in [0.4, 0.5) is 0 Å². The predicted octanol–water partition coefficient (Wildman–Crippen LogP) is 0.211. The van der Waals surface area contributed by atoms with Crippen molar-refractivity contribution in [3.8, 4) is 0 Å². The molecule has 0 aromatic carbocycles. The molecule has 0 aromatic rings. The fraction of sp³-hybridized carbons (Fsp3) is 0.857. The van der Waals surface area contributed by atoms with Crippen molar-refractivity contribution >= 4 is 18.5 Å². The Morgan fingerprint density at radius 2 is 2.55 bits per heavy atom. The van der Waals surface area contributed by atoms with Gasteiger partial charge in [-0.25, -0.2) is 0 Å². The van der Waals surface area contributed by atoms with Crippen molar-refractivity contribution in [2.45, 2.75) is 18.9 Å². The SMILES string of the molecule is O=C(CS)NC[C@@H]1CCCO1. The van der Waals surface area contributed by atoms with Gasteiger partial charge in [-0.05, 0) is 12.8 Å². The molecule has 0 aromatic heterocycles. The molecule has 1 rings (SSSR count). The molecule has 1 aliphatic rings. The zero-order chi connectivity index (χ0) is 8.10. The molecular formula is C7H13NO2S. The van der Waals surface area contributed by atoms with Crippen LogP contribution in [0.5, 0.6) is 0 Å². The first-order chi connectivity index (χ1) is 5.33. The zero-order valence-electron chi connectivity index (χ0n) is 6.38. The van der Waals surface area contributed by atoms with Crippen LogP contribution in [0.25, 0.3) is 0 Å². The van der Waals surface area contributed by atoms with Crippen molar-refractivity contribution in [1.82, 2.24) is 5.32 Å². The van der Waals surface area contributed by atoms with E-state index in [0.29, 0.717) is 6.54 Å². The fourth-order valence-corrected chi connectivity index (χ4v) is 1.20. The fourth-order valence-electron chi connectivity index (χ4n) is 1.09. The number of thiol groups is 1. The van der Waals surface area contributed by atoms with E-state index in [1.165, 1.54) is 0 Å². The molecular weight excluding hydrogens is 162 g/mol. The number of amides is 1. The molecule has 1 amide bonds. The predicted molar refractivity (Wildman–Crippen MR) is 45.8 cm³/mol. The topological polar surface area (TPSA) is 38.3 Å². The Hall–Kier alpha value is -0.220. The van der Waals surface area contributed by atoms with Gasteiger partial charge in [-0.2, -0.15) is 12.6 Å². The highest BCUT2D eigenvalue weighted by atomic mass is 32.1. The first kappa shape index (κ1) is 8.87. The highest BCUT2D eigenvalue weighted by Gasteiger charge is 2.15. The Bertz CT molecular complexity index is 134. The third-order valence-electron chi connectivity index (χ3n) is 1.69. The van der Waals surface area contributed by atoms with Gasteiger partial charge in [0.1, 0.15) is 0 Å². The Morgan fingerprint density at radius 1 is 1.73 bits per heavy atom. The van der Waals surface area contributed by atoms with E-state index in [4.69, 9.17) is 4.74 Å². The van der Waals surface area contributed by atoms with Crippen LogP contribution in [-0.4, -0.2) is 30.9 Å². The van der Waals surface area contributed by atoms with Gasteiger partial charge in [-0.3, -0.25) is 4.79 Å². The lowest BCUT2D eigenvalue weighted by Gasteiger charge is -2.09. The number of hydrogen-bond acceptors (Lipinski definition) is 3. The average molecular weight is 175 g/mol. The van der Waals surface area contributed by atoms with E-state index in [9.17, 15) is 4.79 Å².